The van der Waals surface area contributed by atoms with Gasteiger partial charge in [0.1, 0.15) is 5.69 Å². The van der Waals surface area contributed by atoms with E-state index in [1.165, 1.54) is 12.5 Å². The molecule has 94 valence electrons. The van der Waals surface area contributed by atoms with Crippen LogP contribution in [0, 0.1) is 0 Å². The van der Waals surface area contributed by atoms with Crippen molar-refractivity contribution in [2.45, 2.75) is 0 Å². The lowest BCUT2D eigenvalue weighted by molar-refractivity contribution is 0.100. The number of pyridine rings is 1. The zero-order valence-corrected chi connectivity index (χ0v) is 9.61. The van der Waals surface area contributed by atoms with Gasteiger partial charge in [0.25, 0.3) is 17.7 Å². The highest BCUT2D eigenvalue weighted by Crippen LogP contribution is 2.24. The van der Waals surface area contributed by atoms with E-state index in [1.54, 1.807) is 24.3 Å². The van der Waals surface area contributed by atoms with E-state index < -0.39 is 5.91 Å². The van der Waals surface area contributed by atoms with E-state index in [2.05, 4.69) is 15.2 Å². The van der Waals surface area contributed by atoms with Crippen LogP contribution in [-0.2, 0) is 0 Å². The van der Waals surface area contributed by atoms with E-state index >= 15 is 0 Å². The molecule has 0 unspecified atom stereocenters. The molecule has 2 N–H and O–H groups in total. The fraction of sp³-hybridized carbons (Fsp3) is 0. The molecule has 3 rings (SSSR count). The third kappa shape index (κ3) is 1.97. The Morgan fingerprint density at radius 3 is 2.74 bits per heavy atom. The van der Waals surface area contributed by atoms with Crippen LogP contribution in [-0.4, -0.2) is 21.1 Å². The van der Waals surface area contributed by atoms with Crippen molar-refractivity contribution in [2.75, 3.05) is 0 Å². The van der Waals surface area contributed by atoms with Crippen LogP contribution in [0.5, 0.6) is 0 Å². The summed E-state index contributed by atoms with van der Waals surface area (Å²) >= 11 is 0. The first-order chi connectivity index (χ1) is 9.25. The Labute approximate surface area is 107 Å². The Kier molecular flexibility index (Phi) is 2.57. The second-order valence-electron chi connectivity index (χ2n) is 3.65. The summed E-state index contributed by atoms with van der Waals surface area (Å²) in [5.74, 6) is 0.151. The molecule has 19 heavy (non-hydrogen) atoms. The van der Waals surface area contributed by atoms with Gasteiger partial charge >= 0.3 is 0 Å². The molecule has 1 amide bonds. The minimum atomic E-state index is -0.610. The summed E-state index contributed by atoms with van der Waals surface area (Å²) in [6.45, 7) is 0. The maximum atomic E-state index is 11.3. The lowest BCUT2D eigenvalue weighted by Gasteiger charge is -1.99. The lowest BCUT2D eigenvalue weighted by Crippen LogP contribution is -2.13. The Balaban J connectivity index is 2.06. The van der Waals surface area contributed by atoms with E-state index in [0.29, 0.717) is 5.76 Å². The summed E-state index contributed by atoms with van der Waals surface area (Å²) in [5, 5.41) is 7.67. The topological polar surface area (TPSA) is 108 Å². The normalized spacial score (nSPS) is 10.5. The molecule has 0 aliphatic heterocycles. The predicted octanol–water partition coefficient (Wildman–Crippen LogP) is 1.49. The molecule has 0 fully saturated rings. The lowest BCUT2D eigenvalue weighted by atomic mass is 10.2. The number of furan rings is 1. The molecular weight excluding hydrogens is 248 g/mol. The molecule has 0 saturated heterocycles. The van der Waals surface area contributed by atoms with Gasteiger partial charge in [-0.1, -0.05) is 0 Å². The summed E-state index contributed by atoms with van der Waals surface area (Å²) in [6.07, 6.45) is 3.01. The minimum Gasteiger partial charge on any atom is -0.459 e. The number of nitrogens with zero attached hydrogens (tertiary/aromatic N) is 3. The number of amides is 1. The summed E-state index contributed by atoms with van der Waals surface area (Å²) in [7, 11) is 0. The molecule has 7 nitrogen and oxygen atoms in total. The number of aromatic nitrogens is 3. The Hall–Kier alpha value is -2.96. The SMILES string of the molecule is NC(=O)c1cccnc1-c1nnc(-c2ccco2)o1. The Bertz CT molecular complexity index is 718. The molecule has 3 heterocycles. The minimum absolute atomic E-state index is 0.112. The molecule has 0 aliphatic carbocycles. The summed E-state index contributed by atoms with van der Waals surface area (Å²) < 4.78 is 10.6. The number of nitrogens with two attached hydrogens (primary N) is 1. The summed E-state index contributed by atoms with van der Waals surface area (Å²) in [4.78, 5) is 15.3. The molecule has 7 heteroatoms. The first-order valence-corrected chi connectivity index (χ1v) is 5.38. The van der Waals surface area contributed by atoms with E-state index in [4.69, 9.17) is 14.6 Å². The molecule has 0 radical (unpaired) electrons. The third-order valence-electron chi connectivity index (χ3n) is 2.43. The Morgan fingerprint density at radius 1 is 1.16 bits per heavy atom. The molecule has 0 spiro atoms. The van der Waals surface area contributed by atoms with Crippen LogP contribution in [0.2, 0.25) is 0 Å². The first kappa shape index (κ1) is 11.1. The van der Waals surface area contributed by atoms with Gasteiger partial charge in [-0.05, 0) is 24.3 Å². The van der Waals surface area contributed by atoms with Gasteiger partial charge in [-0.25, -0.2) is 0 Å². The van der Waals surface area contributed by atoms with E-state index in [1.807, 2.05) is 0 Å². The highest BCUT2D eigenvalue weighted by Gasteiger charge is 2.18. The number of hydrogen-bond acceptors (Lipinski definition) is 6. The highest BCUT2D eigenvalue weighted by atomic mass is 16.4. The molecule has 0 aromatic carbocycles. The van der Waals surface area contributed by atoms with Gasteiger partial charge in [-0.2, -0.15) is 0 Å². The number of carbonyl (C=O) groups excluding carboxylic acids is 1. The smallest absolute Gasteiger partial charge is 0.283 e. The van der Waals surface area contributed by atoms with Crippen molar-refractivity contribution >= 4 is 5.91 Å². The van der Waals surface area contributed by atoms with Crippen LogP contribution in [0.3, 0.4) is 0 Å². The second kappa shape index (κ2) is 4.37. The monoisotopic (exact) mass is 256 g/mol. The van der Waals surface area contributed by atoms with Gasteiger partial charge in [-0.15, -0.1) is 10.2 Å². The van der Waals surface area contributed by atoms with Crippen molar-refractivity contribution < 1.29 is 13.6 Å². The van der Waals surface area contributed by atoms with Crippen molar-refractivity contribution in [2.24, 2.45) is 5.73 Å². The maximum absolute atomic E-state index is 11.3. The average molecular weight is 256 g/mol. The van der Waals surface area contributed by atoms with Crippen LogP contribution in [0.4, 0.5) is 0 Å². The van der Waals surface area contributed by atoms with Crippen molar-refractivity contribution in [3.8, 4) is 23.2 Å². The summed E-state index contributed by atoms with van der Waals surface area (Å²) in [5.41, 5.74) is 5.74. The maximum Gasteiger partial charge on any atom is 0.283 e. The molecule has 0 bridgehead atoms. The van der Waals surface area contributed by atoms with Gasteiger partial charge in [0.2, 0.25) is 0 Å². The van der Waals surface area contributed by atoms with E-state index in [9.17, 15) is 4.79 Å². The third-order valence-corrected chi connectivity index (χ3v) is 2.43. The van der Waals surface area contributed by atoms with Crippen LogP contribution in [0.1, 0.15) is 10.4 Å². The molecule has 3 aromatic rings. The van der Waals surface area contributed by atoms with Gasteiger partial charge in [0, 0.05) is 6.20 Å². The van der Waals surface area contributed by atoms with Gasteiger partial charge in [-0.3, -0.25) is 9.78 Å². The zero-order valence-electron chi connectivity index (χ0n) is 9.61. The number of hydrogen-bond donors (Lipinski definition) is 1. The average Bonchev–Trinajstić information content (AvgIpc) is 3.09. The van der Waals surface area contributed by atoms with Gasteiger partial charge in [0.15, 0.2) is 5.76 Å². The van der Waals surface area contributed by atoms with Gasteiger partial charge < -0.3 is 14.6 Å². The molecule has 0 atom stereocenters. The van der Waals surface area contributed by atoms with Crippen LogP contribution in [0.15, 0.2) is 45.6 Å². The van der Waals surface area contributed by atoms with Crippen molar-refractivity contribution in [3.63, 3.8) is 0 Å². The first-order valence-electron chi connectivity index (χ1n) is 5.38. The largest absolute Gasteiger partial charge is 0.459 e. The second-order valence-corrected chi connectivity index (χ2v) is 3.65. The molecular formula is C12H8N4O3. The molecule has 0 aliphatic rings. The van der Waals surface area contributed by atoms with Crippen molar-refractivity contribution in [1.82, 2.24) is 15.2 Å². The zero-order chi connectivity index (χ0) is 13.2. The van der Waals surface area contributed by atoms with Crippen LogP contribution in [0.25, 0.3) is 23.2 Å². The fourth-order valence-electron chi connectivity index (χ4n) is 1.59. The van der Waals surface area contributed by atoms with E-state index in [0.717, 1.165) is 0 Å². The molecule has 0 saturated carbocycles. The highest BCUT2D eigenvalue weighted by molar-refractivity contribution is 5.97. The number of rotatable bonds is 3. The quantitative estimate of drug-likeness (QED) is 0.760. The number of carbonyl (C=O) groups is 1. The van der Waals surface area contributed by atoms with Crippen molar-refractivity contribution in [3.05, 3.63) is 42.3 Å². The molecule has 3 aromatic heterocycles. The predicted molar refractivity (Wildman–Crippen MR) is 63.7 cm³/mol. The van der Waals surface area contributed by atoms with E-state index in [-0.39, 0.29) is 23.0 Å². The number of primary amides is 1. The Morgan fingerprint density at radius 2 is 2.00 bits per heavy atom. The standard InChI is InChI=1S/C12H8N4O3/c13-10(17)7-3-1-5-14-9(7)12-16-15-11(19-12)8-4-2-6-18-8/h1-6H,(H2,13,17). The van der Waals surface area contributed by atoms with Gasteiger partial charge in [0.05, 0.1) is 11.8 Å². The van der Waals surface area contributed by atoms with Crippen molar-refractivity contribution in [1.29, 1.82) is 0 Å². The van der Waals surface area contributed by atoms with Crippen LogP contribution < -0.4 is 5.73 Å². The summed E-state index contributed by atoms with van der Waals surface area (Å²) in [6, 6.07) is 6.54. The fourth-order valence-corrected chi connectivity index (χ4v) is 1.59. The van der Waals surface area contributed by atoms with Crippen LogP contribution >= 0.6 is 0 Å².